The fourth-order valence-electron chi connectivity index (χ4n) is 2.29. The van der Waals surface area contributed by atoms with E-state index in [4.69, 9.17) is 23.2 Å². The molecular formula is C12H12Cl2F3NO. The van der Waals surface area contributed by atoms with Crippen LogP contribution < -0.4 is 4.65 Å². The first-order chi connectivity index (χ1) is 8.76. The van der Waals surface area contributed by atoms with Crippen molar-refractivity contribution >= 4 is 28.9 Å². The maximum Gasteiger partial charge on any atom is 0.416 e. The van der Waals surface area contributed by atoms with Crippen LogP contribution in [0.5, 0.6) is 0 Å². The van der Waals surface area contributed by atoms with Crippen molar-refractivity contribution in [1.29, 1.82) is 0 Å². The second kappa shape index (κ2) is 5.13. The fraction of sp³-hybridized carbons (Fsp3) is 0.500. The van der Waals surface area contributed by atoms with Crippen molar-refractivity contribution in [1.82, 2.24) is 4.65 Å². The van der Waals surface area contributed by atoms with Crippen molar-refractivity contribution in [3.63, 3.8) is 0 Å². The molecule has 1 saturated heterocycles. The van der Waals surface area contributed by atoms with Gasteiger partial charge < -0.3 is 9.85 Å². The van der Waals surface area contributed by atoms with Crippen molar-refractivity contribution in [3.05, 3.63) is 35.0 Å². The fourth-order valence-corrected chi connectivity index (χ4v) is 3.09. The molecular weight excluding hydrogens is 302 g/mol. The van der Waals surface area contributed by atoms with Crippen LogP contribution in [0.2, 0.25) is 0 Å². The third-order valence-corrected chi connectivity index (χ3v) is 4.24. The number of hydrogen-bond donors (Lipinski definition) is 0. The van der Waals surface area contributed by atoms with Crippen molar-refractivity contribution in [2.75, 3.05) is 19.0 Å². The summed E-state index contributed by atoms with van der Waals surface area (Å²) in [6.45, 7) is 0.152. The van der Waals surface area contributed by atoms with Gasteiger partial charge in [0.1, 0.15) is 12.2 Å². The highest BCUT2D eigenvalue weighted by Gasteiger charge is 2.41. The van der Waals surface area contributed by atoms with Crippen LogP contribution in [0.1, 0.15) is 5.56 Å². The van der Waals surface area contributed by atoms with Crippen LogP contribution in [0.25, 0.3) is 0 Å². The first kappa shape index (κ1) is 14.9. The van der Waals surface area contributed by atoms with Gasteiger partial charge in [0.15, 0.2) is 0 Å². The van der Waals surface area contributed by atoms with E-state index >= 15 is 0 Å². The highest BCUT2D eigenvalue weighted by Crippen LogP contribution is 2.37. The minimum Gasteiger partial charge on any atom is -0.627 e. The van der Waals surface area contributed by atoms with E-state index in [0.29, 0.717) is 0 Å². The van der Waals surface area contributed by atoms with Crippen LogP contribution >= 0.6 is 23.2 Å². The predicted octanol–water partition coefficient (Wildman–Crippen LogP) is 3.99. The second-order valence-electron chi connectivity index (χ2n) is 4.73. The number of nitrogens with zero attached hydrogens (tertiary/aromatic N) is 1. The molecule has 0 aliphatic carbocycles. The Balaban J connectivity index is 2.32. The van der Waals surface area contributed by atoms with Gasteiger partial charge in [0.25, 0.3) is 0 Å². The Morgan fingerprint density at radius 1 is 1.32 bits per heavy atom. The lowest BCUT2D eigenvalue weighted by Crippen LogP contribution is -2.41. The van der Waals surface area contributed by atoms with E-state index in [1.807, 2.05) is 0 Å². The number of benzene rings is 1. The quantitative estimate of drug-likeness (QED) is 0.460. The Morgan fingerprint density at radius 3 is 2.53 bits per heavy atom. The van der Waals surface area contributed by atoms with Crippen LogP contribution in [0, 0.1) is 11.1 Å². The lowest BCUT2D eigenvalue weighted by Gasteiger charge is -2.38. The minimum atomic E-state index is -4.46. The highest BCUT2D eigenvalue weighted by molar-refractivity contribution is 6.23. The van der Waals surface area contributed by atoms with E-state index in [1.165, 1.54) is 12.1 Å². The minimum absolute atomic E-state index is 0.0419. The summed E-state index contributed by atoms with van der Waals surface area (Å²) in [5.41, 5.74) is -0.744. The first-order valence-corrected chi connectivity index (χ1v) is 6.69. The van der Waals surface area contributed by atoms with Crippen LogP contribution in [-0.4, -0.2) is 24.3 Å². The van der Waals surface area contributed by atoms with Crippen molar-refractivity contribution in [2.45, 2.75) is 11.6 Å². The van der Waals surface area contributed by atoms with Crippen molar-refractivity contribution < 1.29 is 13.2 Å². The highest BCUT2D eigenvalue weighted by atomic mass is 35.5. The van der Waals surface area contributed by atoms with E-state index in [1.54, 1.807) is 0 Å². The smallest absolute Gasteiger partial charge is 0.416 e. The molecule has 1 aromatic rings. The molecule has 1 aliphatic rings. The van der Waals surface area contributed by atoms with E-state index < -0.39 is 21.8 Å². The summed E-state index contributed by atoms with van der Waals surface area (Å²) < 4.78 is 37.1. The molecule has 19 heavy (non-hydrogen) atoms. The van der Waals surface area contributed by atoms with Gasteiger partial charge in [0, 0.05) is 17.9 Å². The summed E-state index contributed by atoms with van der Waals surface area (Å²) in [4.78, 5) is 0. The normalized spacial score (nSPS) is 31.7. The molecule has 0 aromatic heterocycles. The van der Waals surface area contributed by atoms with Gasteiger partial charge in [0.05, 0.1) is 17.5 Å². The molecule has 1 heterocycles. The third kappa shape index (κ3) is 2.99. The zero-order valence-corrected chi connectivity index (χ0v) is 11.3. The van der Waals surface area contributed by atoms with Gasteiger partial charge in [-0.1, -0.05) is 6.07 Å². The Bertz CT molecular complexity index is 469. The molecule has 0 bridgehead atoms. The van der Waals surface area contributed by atoms with Gasteiger partial charge in [0.2, 0.25) is 0 Å². The average Bonchev–Trinajstić information content (AvgIpc) is 2.65. The molecule has 3 atom stereocenters. The Kier molecular flexibility index (Phi) is 4.02. The molecule has 2 nitrogen and oxygen atoms in total. The van der Waals surface area contributed by atoms with Gasteiger partial charge in [-0.05, 0) is 12.1 Å². The number of halogens is 5. The summed E-state index contributed by atoms with van der Waals surface area (Å²) in [6, 6.07) is 4.49. The summed E-state index contributed by atoms with van der Waals surface area (Å²) in [6.07, 6.45) is -4.46. The topological polar surface area (TPSA) is 23.1 Å². The molecule has 0 spiro atoms. The molecule has 2 rings (SSSR count). The summed E-state index contributed by atoms with van der Waals surface area (Å²) >= 11 is 11.7. The molecule has 3 unspecified atom stereocenters. The van der Waals surface area contributed by atoms with Gasteiger partial charge in [-0.2, -0.15) is 13.2 Å². The third-order valence-electron chi connectivity index (χ3n) is 3.35. The molecule has 1 fully saturated rings. The standard InChI is InChI=1S/C12H12Cl2F3NO/c13-5-8-6-18(19,7-11(8)14)10-3-1-2-9(4-10)12(15,16)17/h1-4,8,11H,5-7H2. The first-order valence-electron chi connectivity index (χ1n) is 5.72. The van der Waals surface area contributed by atoms with Gasteiger partial charge in [-0.15, -0.1) is 23.2 Å². The molecule has 0 saturated carbocycles. The van der Waals surface area contributed by atoms with Gasteiger partial charge in [-0.25, -0.2) is 0 Å². The SMILES string of the molecule is [O-][N+]1(c2cccc(C(F)(F)F)c2)CC(Cl)C(CCl)C1. The number of alkyl halides is 5. The average molecular weight is 314 g/mol. The summed E-state index contributed by atoms with van der Waals surface area (Å²) in [5, 5.41) is 12.2. The largest absolute Gasteiger partial charge is 0.627 e. The van der Waals surface area contributed by atoms with Crippen LogP contribution in [0.15, 0.2) is 24.3 Å². The molecule has 7 heteroatoms. The van der Waals surface area contributed by atoms with Crippen LogP contribution in [0.4, 0.5) is 18.9 Å². The van der Waals surface area contributed by atoms with E-state index in [9.17, 15) is 18.4 Å². The monoisotopic (exact) mass is 313 g/mol. The zero-order valence-electron chi connectivity index (χ0n) is 9.83. The summed E-state index contributed by atoms with van der Waals surface area (Å²) in [5.74, 6) is 0.0467. The molecule has 1 aliphatic heterocycles. The predicted molar refractivity (Wildman–Crippen MR) is 70.2 cm³/mol. The van der Waals surface area contributed by atoms with E-state index in [2.05, 4.69) is 0 Å². The molecule has 0 radical (unpaired) electrons. The molecule has 0 N–H and O–H groups in total. The van der Waals surface area contributed by atoms with Gasteiger partial charge in [-0.3, -0.25) is 0 Å². The Labute approximate surface area is 118 Å². The van der Waals surface area contributed by atoms with Crippen molar-refractivity contribution in [2.24, 2.45) is 5.92 Å². The van der Waals surface area contributed by atoms with Gasteiger partial charge >= 0.3 is 6.18 Å². The Hall–Kier alpha value is -0.490. The van der Waals surface area contributed by atoms with Crippen molar-refractivity contribution in [3.8, 4) is 0 Å². The number of rotatable bonds is 2. The lowest BCUT2D eigenvalue weighted by atomic mass is 10.1. The molecule has 0 amide bonds. The molecule has 106 valence electrons. The number of hydroxylamine groups is 2. The Morgan fingerprint density at radius 2 is 2.00 bits per heavy atom. The van der Waals surface area contributed by atoms with E-state index in [-0.39, 0.29) is 30.6 Å². The van der Waals surface area contributed by atoms with Crippen LogP contribution in [0.3, 0.4) is 0 Å². The zero-order chi connectivity index (χ0) is 14.3. The number of hydrogen-bond acceptors (Lipinski definition) is 1. The van der Waals surface area contributed by atoms with Crippen LogP contribution in [-0.2, 0) is 6.18 Å². The maximum absolute atomic E-state index is 12.6. The maximum atomic E-state index is 12.6. The van der Waals surface area contributed by atoms with E-state index in [0.717, 1.165) is 12.1 Å². The second-order valence-corrected chi connectivity index (χ2v) is 5.60. The summed E-state index contributed by atoms with van der Waals surface area (Å²) in [7, 11) is 0. The lowest BCUT2D eigenvalue weighted by molar-refractivity contribution is -0.137. The molecule has 1 aromatic carbocycles. The number of quaternary nitrogens is 1.